The molecule has 0 unspecified atom stereocenters. The molecule has 1 aliphatic carbocycles. The third-order valence-corrected chi connectivity index (χ3v) is 3.16. The molecule has 1 fully saturated rings. The Balaban J connectivity index is 2.56. The van der Waals surface area contributed by atoms with Gasteiger partial charge in [0.25, 0.3) is 0 Å². The van der Waals surface area contributed by atoms with Crippen LogP contribution in [0.25, 0.3) is 0 Å². The highest BCUT2D eigenvalue weighted by Crippen LogP contribution is 2.37. The van der Waals surface area contributed by atoms with Crippen LogP contribution in [0.2, 0.25) is 0 Å². The molecule has 1 rings (SSSR count). The summed E-state index contributed by atoms with van der Waals surface area (Å²) in [6.07, 6.45) is 6.39. The zero-order chi connectivity index (χ0) is 7.61. The summed E-state index contributed by atoms with van der Waals surface area (Å²) in [4.78, 5) is 0. The first-order chi connectivity index (χ1) is 4.73. The summed E-state index contributed by atoms with van der Waals surface area (Å²) in [7, 11) is 0. The van der Waals surface area contributed by atoms with Crippen LogP contribution in [-0.4, -0.2) is 5.54 Å². The van der Waals surface area contributed by atoms with Gasteiger partial charge in [0.05, 0.1) is 0 Å². The van der Waals surface area contributed by atoms with Crippen molar-refractivity contribution in [3.63, 3.8) is 0 Å². The van der Waals surface area contributed by atoms with Gasteiger partial charge < -0.3 is 5.73 Å². The Kier molecular flexibility index (Phi) is 2.35. The van der Waals surface area contributed by atoms with Crippen LogP contribution in [0.4, 0.5) is 0 Å². The monoisotopic (exact) mass is 141 g/mol. The predicted molar refractivity (Wildman–Crippen MR) is 44.8 cm³/mol. The standard InChI is InChI=1S/C9H19N/c1-3-8-6-5-7-9(8,10)4-2/h8H,3-7,10H2,1-2H3/t8-,9-/m1/s1. The van der Waals surface area contributed by atoms with E-state index in [1.165, 1.54) is 25.7 Å². The molecule has 1 aliphatic rings. The Morgan fingerprint density at radius 3 is 2.60 bits per heavy atom. The first-order valence-electron chi connectivity index (χ1n) is 4.52. The van der Waals surface area contributed by atoms with Gasteiger partial charge in [0.1, 0.15) is 0 Å². The highest BCUT2D eigenvalue weighted by molar-refractivity contribution is 4.94. The van der Waals surface area contributed by atoms with Crippen LogP contribution in [-0.2, 0) is 0 Å². The summed E-state index contributed by atoms with van der Waals surface area (Å²) >= 11 is 0. The quantitative estimate of drug-likeness (QED) is 0.627. The molecule has 0 aromatic carbocycles. The van der Waals surface area contributed by atoms with Gasteiger partial charge in [0.2, 0.25) is 0 Å². The average Bonchev–Trinajstić information content (AvgIpc) is 2.32. The number of hydrogen-bond acceptors (Lipinski definition) is 1. The van der Waals surface area contributed by atoms with Crippen LogP contribution in [0.3, 0.4) is 0 Å². The molecule has 2 N–H and O–H groups in total. The first kappa shape index (κ1) is 8.06. The minimum Gasteiger partial charge on any atom is -0.325 e. The van der Waals surface area contributed by atoms with E-state index in [0.29, 0.717) is 0 Å². The fourth-order valence-corrected chi connectivity index (χ4v) is 2.25. The van der Waals surface area contributed by atoms with E-state index in [1.807, 2.05) is 0 Å². The third kappa shape index (κ3) is 1.20. The average molecular weight is 141 g/mol. The lowest BCUT2D eigenvalue weighted by atomic mass is 9.84. The summed E-state index contributed by atoms with van der Waals surface area (Å²) in [6.45, 7) is 4.47. The summed E-state index contributed by atoms with van der Waals surface area (Å²) < 4.78 is 0. The van der Waals surface area contributed by atoms with Crippen LogP contribution in [0.1, 0.15) is 46.0 Å². The molecular formula is C9H19N. The van der Waals surface area contributed by atoms with Crippen LogP contribution in [0.15, 0.2) is 0 Å². The smallest absolute Gasteiger partial charge is 0.0180 e. The maximum atomic E-state index is 6.21. The molecule has 0 heterocycles. The zero-order valence-corrected chi connectivity index (χ0v) is 7.19. The van der Waals surface area contributed by atoms with Gasteiger partial charge >= 0.3 is 0 Å². The van der Waals surface area contributed by atoms with E-state index in [-0.39, 0.29) is 5.54 Å². The third-order valence-electron chi connectivity index (χ3n) is 3.16. The van der Waals surface area contributed by atoms with Gasteiger partial charge in [-0.05, 0) is 25.2 Å². The lowest BCUT2D eigenvalue weighted by Crippen LogP contribution is -2.42. The summed E-state index contributed by atoms with van der Waals surface area (Å²) in [5.41, 5.74) is 6.42. The maximum absolute atomic E-state index is 6.21. The molecule has 0 bridgehead atoms. The van der Waals surface area contributed by atoms with Crippen molar-refractivity contribution in [2.45, 2.75) is 51.5 Å². The zero-order valence-electron chi connectivity index (χ0n) is 7.19. The summed E-state index contributed by atoms with van der Waals surface area (Å²) in [5.74, 6) is 0.803. The Morgan fingerprint density at radius 1 is 1.50 bits per heavy atom. The second-order valence-electron chi connectivity index (χ2n) is 3.58. The molecule has 1 saturated carbocycles. The Labute approximate surface area is 64.0 Å². The molecule has 0 aromatic heterocycles. The van der Waals surface area contributed by atoms with Gasteiger partial charge in [-0.3, -0.25) is 0 Å². The SMILES string of the molecule is CC[C@@H]1CCC[C@]1(N)CC. The molecule has 1 nitrogen and oxygen atoms in total. The van der Waals surface area contributed by atoms with Crippen molar-refractivity contribution in [3.05, 3.63) is 0 Å². The lowest BCUT2D eigenvalue weighted by molar-refractivity contribution is 0.298. The Morgan fingerprint density at radius 2 is 2.20 bits per heavy atom. The molecule has 0 saturated heterocycles. The molecule has 0 aromatic rings. The van der Waals surface area contributed by atoms with E-state index in [0.717, 1.165) is 12.3 Å². The van der Waals surface area contributed by atoms with Crippen molar-refractivity contribution >= 4 is 0 Å². The molecule has 60 valence electrons. The van der Waals surface area contributed by atoms with Crippen molar-refractivity contribution in [2.75, 3.05) is 0 Å². The number of nitrogens with two attached hydrogens (primary N) is 1. The van der Waals surface area contributed by atoms with Gasteiger partial charge in [-0.2, -0.15) is 0 Å². The van der Waals surface area contributed by atoms with E-state index in [1.54, 1.807) is 0 Å². The van der Waals surface area contributed by atoms with E-state index in [4.69, 9.17) is 5.73 Å². The first-order valence-corrected chi connectivity index (χ1v) is 4.52. The van der Waals surface area contributed by atoms with Crippen molar-refractivity contribution in [2.24, 2.45) is 11.7 Å². The van der Waals surface area contributed by atoms with Crippen LogP contribution in [0.5, 0.6) is 0 Å². The van der Waals surface area contributed by atoms with Crippen molar-refractivity contribution in [1.29, 1.82) is 0 Å². The summed E-state index contributed by atoms with van der Waals surface area (Å²) in [6, 6.07) is 0. The molecule has 0 aliphatic heterocycles. The van der Waals surface area contributed by atoms with Crippen LogP contribution >= 0.6 is 0 Å². The van der Waals surface area contributed by atoms with Crippen molar-refractivity contribution in [1.82, 2.24) is 0 Å². The van der Waals surface area contributed by atoms with Crippen LogP contribution < -0.4 is 5.73 Å². The molecule has 0 radical (unpaired) electrons. The normalized spacial score (nSPS) is 40.5. The number of hydrogen-bond donors (Lipinski definition) is 1. The molecule has 2 atom stereocenters. The Hall–Kier alpha value is -0.0400. The van der Waals surface area contributed by atoms with Gasteiger partial charge in [-0.25, -0.2) is 0 Å². The highest BCUT2D eigenvalue weighted by atomic mass is 14.8. The van der Waals surface area contributed by atoms with Gasteiger partial charge in [-0.15, -0.1) is 0 Å². The minimum absolute atomic E-state index is 0.203. The summed E-state index contributed by atoms with van der Waals surface area (Å²) in [5, 5.41) is 0. The second kappa shape index (κ2) is 2.91. The highest BCUT2D eigenvalue weighted by Gasteiger charge is 2.36. The fraction of sp³-hybridized carbons (Fsp3) is 1.00. The lowest BCUT2D eigenvalue weighted by Gasteiger charge is -2.29. The van der Waals surface area contributed by atoms with Gasteiger partial charge in [-0.1, -0.05) is 26.7 Å². The van der Waals surface area contributed by atoms with Crippen LogP contribution in [0, 0.1) is 5.92 Å². The van der Waals surface area contributed by atoms with Crippen molar-refractivity contribution < 1.29 is 0 Å². The predicted octanol–water partition coefficient (Wildman–Crippen LogP) is 2.30. The number of rotatable bonds is 2. The van der Waals surface area contributed by atoms with E-state index in [2.05, 4.69) is 13.8 Å². The largest absolute Gasteiger partial charge is 0.325 e. The van der Waals surface area contributed by atoms with E-state index < -0.39 is 0 Å². The van der Waals surface area contributed by atoms with E-state index >= 15 is 0 Å². The second-order valence-corrected chi connectivity index (χ2v) is 3.58. The molecule has 0 spiro atoms. The van der Waals surface area contributed by atoms with E-state index in [9.17, 15) is 0 Å². The van der Waals surface area contributed by atoms with Gasteiger partial charge in [0, 0.05) is 5.54 Å². The minimum atomic E-state index is 0.203. The fourth-order valence-electron chi connectivity index (χ4n) is 2.25. The molecule has 10 heavy (non-hydrogen) atoms. The molecule has 0 amide bonds. The Bertz CT molecular complexity index is 111. The molecule has 1 heteroatoms. The van der Waals surface area contributed by atoms with Gasteiger partial charge in [0.15, 0.2) is 0 Å². The molecular weight excluding hydrogens is 122 g/mol. The maximum Gasteiger partial charge on any atom is 0.0180 e. The topological polar surface area (TPSA) is 26.0 Å². The van der Waals surface area contributed by atoms with Crippen molar-refractivity contribution in [3.8, 4) is 0 Å².